The smallest absolute Gasteiger partial charge is 0.322 e. The van der Waals surface area contributed by atoms with E-state index in [1.54, 1.807) is 32.4 Å². The van der Waals surface area contributed by atoms with Gasteiger partial charge in [-0.25, -0.2) is 4.79 Å². The van der Waals surface area contributed by atoms with Crippen molar-refractivity contribution >= 4 is 11.7 Å². The second-order valence-electron chi connectivity index (χ2n) is 5.61. The number of hydrogen-bond acceptors (Lipinski definition) is 4. The average Bonchev–Trinajstić information content (AvgIpc) is 2.55. The first-order chi connectivity index (χ1) is 10.5. The summed E-state index contributed by atoms with van der Waals surface area (Å²) in [6, 6.07) is 5.78. The maximum Gasteiger partial charge on any atom is 0.322 e. The number of anilines is 1. The molecule has 0 aliphatic carbocycles. The fourth-order valence-corrected chi connectivity index (χ4v) is 2.54. The summed E-state index contributed by atoms with van der Waals surface area (Å²) in [7, 11) is 3.17. The quantitative estimate of drug-likeness (QED) is 0.927. The number of piperazine rings is 1. The average molecular weight is 307 g/mol. The minimum absolute atomic E-state index is 0.0909. The van der Waals surface area contributed by atoms with E-state index in [4.69, 9.17) is 9.47 Å². The van der Waals surface area contributed by atoms with Gasteiger partial charge in [-0.15, -0.1) is 0 Å². The SMILES string of the molecule is COc1ccc(NC(=O)N2CCN(C(C)C)CC2)c(OC)c1. The van der Waals surface area contributed by atoms with Crippen LogP contribution < -0.4 is 14.8 Å². The lowest BCUT2D eigenvalue weighted by Gasteiger charge is -2.36. The van der Waals surface area contributed by atoms with Crippen LogP contribution in [0.5, 0.6) is 11.5 Å². The molecule has 2 rings (SSSR count). The van der Waals surface area contributed by atoms with Crippen LogP contribution in [0.2, 0.25) is 0 Å². The van der Waals surface area contributed by atoms with Crippen LogP contribution in [0.4, 0.5) is 10.5 Å². The molecule has 0 unspecified atom stereocenters. The third-order valence-electron chi connectivity index (χ3n) is 3.98. The Labute approximate surface area is 132 Å². The third kappa shape index (κ3) is 3.82. The number of benzene rings is 1. The Morgan fingerprint density at radius 2 is 1.82 bits per heavy atom. The predicted molar refractivity (Wildman–Crippen MR) is 86.8 cm³/mol. The van der Waals surface area contributed by atoms with E-state index in [1.807, 2.05) is 4.90 Å². The zero-order valence-corrected chi connectivity index (χ0v) is 13.8. The number of hydrogen-bond donors (Lipinski definition) is 1. The first-order valence-electron chi connectivity index (χ1n) is 7.57. The monoisotopic (exact) mass is 307 g/mol. The van der Waals surface area contributed by atoms with Crippen LogP contribution in [0.25, 0.3) is 0 Å². The van der Waals surface area contributed by atoms with E-state index in [9.17, 15) is 4.79 Å². The van der Waals surface area contributed by atoms with Crippen molar-refractivity contribution in [3.63, 3.8) is 0 Å². The molecule has 1 heterocycles. The van der Waals surface area contributed by atoms with Crippen molar-refractivity contribution in [1.29, 1.82) is 0 Å². The summed E-state index contributed by atoms with van der Waals surface area (Å²) in [6.45, 7) is 7.65. The summed E-state index contributed by atoms with van der Waals surface area (Å²) in [4.78, 5) is 16.6. The molecular formula is C16H25N3O3. The number of methoxy groups -OCH3 is 2. The van der Waals surface area contributed by atoms with E-state index < -0.39 is 0 Å². The summed E-state index contributed by atoms with van der Waals surface area (Å²) in [5.74, 6) is 1.29. The molecule has 1 aliphatic heterocycles. The van der Waals surface area contributed by atoms with Crippen molar-refractivity contribution in [2.45, 2.75) is 19.9 Å². The molecule has 1 N–H and O–H groups in total. The predicted octanol–water partition coefficient (Wildman–Crippen LogP) is 2.26. The molecule has 1 aromatic carbocycles. The highest BCUT2D eigenvalue weighted by atomic mass is 16.5. The Kier molecular flexibility index (Phi) is 5.49. The first-order valence-corrected chi connectivity index (χ1v) is 7.57. The van der Waals surface area contributed by atoms with Gasteiger partial charge in [0, 0.05) is 38.3 Å². The normalized spacial score (nSPS) is 15.8. The molecule has 6 nitrogen and oxygen atoms in total. The van der Waals surface area contributed by atoms with Gasteiger partial charge >= 0.3 is 6.03 Å². The van der Waals surface area contributed by atoms with Gasteiger partial charge in [-0.05, 0) is 26.0 Å². The van der Waals surface area contributed by atoms with Crippen molar-refractivity contribution in [1.82, 2.24) is 9.80 Å². The van der Waals surface area contributed by atoms with Gasteiger partial charge in [0.25, 0.3) is 0 Å². The Hall–Kier alpha value is -1.95. The molecule has 22 heavy (non-hydrogen) atoms. The lowest BCUT2D eigenvalue weighted by Crippen LogP contribution is -2.51. The highest BCUT2D eigenvalue weighted by Gasteiger charge is 2.23. The van der Waals surface area contributed by atoms with Crippen LogP contribution in [0, 0.1) is 0 Å². The number of carbonyl (C=O) groups excluding carboxylic acids is 1. The molecule has 1 fully saturated rings. The molecule has 122 valence electrons. The fourth-order valence-electron chi connectivity index (χ4n) is 2.54. The maximum absolute atomic E-state index is 12.4. The molecule has 2 amide bonds. The lowest BCUT2D eigenvalue weighted by atomic mass is 10.2. The van der Waals surface area contributed by atoms with Crippen LogP contribution in [0.15, 0.2) is 18.2 Å². The Bertz CT molecular complexity index is 511. The second kappa shape index (κ2) is 7.35. The van der Waals surface area contributed by atoms with E-state index in [1.165, 1.54) is 0 Å². The highest BCUT2D eigenvalue weighted by molar-refractivity contribution is 5.91. The van der Waals surface area contributed by atoms with Crippen LogP contribution >= 0.6 is 0 Å². The number of carbonyl (C=O) groups is 1. The minimum atomic E-state index is -0.0909. The van der Waals surface area contributed by atoms with Crippen LogP contribution in [0.1, 0.15) is 13.8 Å². The topological polar surface area (TPSA) is 54.0 Å². The fraction of sp³-hybridized carbons (Fsp3) is 0.562. The van der Waals surface area contributed by atoms with Gasteiger partial charge in [-0.2, -0.15) is 0 Å². The minimum Gasteiger partial charge on any atom is -0.497 e. The van der Waals surface area contributed by atoms with Gasteiger partial charge in [0.15, 0.2) is 0 Å². The summed E-state index contributed by atoms with van der Waals surface area (Å²) < 4.78 is 10.5. The number of nitrogens with zero attached hydrogens (tertiary/aromatic N) is 2. The summed E-state index contributed by atoms with van der Waals surface area (Å²) in [5.41, 5.74) is 0.652. The molecule has 0 atom stereocenters. The Morgan fingerprint density at radius 1 is 1.14 bits per heavy atom. The van der Waals surface area contributed by atoms with Crippen molar-refractivity contribution in [2.75, 3.05) is 45.7 Å². The molecule has 0 saturated carbocycles. The van der Waals surface area contributed by atoms with E-state index in [0.29, 0.717) is 23.2 Å². The molecule has 6 heteroatoms. The first kappa shape index (κ1) is 16.4. The molecule has 0 radical (unpaired) electrons. The van der Waals surface area contributed by atoms with Crippen LogP contribution in [0.3, 0.4) is 0 Å². The molecule has 0 spiro atoms. The third-order valence-corrected chi connectivity index (χ3v) is 3.98. The number of ether oxygens (including phenoxy) is 2. The Balaban J connectivity index is 1.98. The maximum atomic E-state index is 12.4. The van der Waals surface area contributed by atoms with Gasteiger partial charge in [-0.1, -0.05) is 0 Å². The van der Waals surface area contributed by atoms with E-state index in [-0.39, 0.29) is 6.03 Å². The highest BCUT2D eigenvalue weighted by Crippen LogP contribution is 2.29. The van der Waals surface area contributed by atoms with E-state index in [2.05, 4.69) is 24.1 Å². The van der Waals surface area contributed by atoms with E-state index >= 15 is 0 Å². The molecule has 0 aromatic heterocycles. The van der Waals surface area contributed by atoms with Crippen LogP contribution in [-0.2, 0) is 0 Å². The summed E-state index contributed by atoms with van der Waals surface area (Å²) >= 11 is 0. The summed E-state index contributed by atoms with van der Waals surface area (Å²) in [5, 5.41) is 2.91. The molecule has 1 aliphatic rings. The standard InChI is InChI=1S/C16H25N3O3/c1-12(2)18-7-9-19(10-8-18)16(20)17-14-6-5-13(21-3)11-15(14)22-4/h5-6,11-12H,7-10H2,1-4H3,(H,17,20). The van der Waals surface area contributed by atoms with Gasteiger partial charge in [0.05, 0.1) is 19.9 Å². The van der Waals surface area contributed by atoms with Crippen molar-refractivity contribution in [2.24, 2.45) is 0 Å². The van der Waals surface area contributed by atoms with Crippen molar-refractivity contribution in [3.05, 3.63) is 18.2 Å². The molecular weight excluding hydrogens is 282 g/mol. The van der Waals surface area contributed by atoms with Crippen molar-refractivity contribution < 1.29 is 14.3 Å². The zero-order valence-electron chi connectivity index (χ0n) is 13.8. The molecule has 1 saturated heterocycles. The summed E-state index contributed by atoms with van der Waals surface area (Å²) in [6.07, 6.45) is 0. The lowest BCUT2D eigenvalue weighted by molar-refractivity contribution is 0.125. The second-order valence-corrected chi connectivity index (χ2v) is 5.61. The molecule has 1 aromatic rings. The zero-order chi connectivity index (χ0) is 16.1. The Morgan fingerprint density at radius 3 is 2.36 bits per heavy atom. The van der Waals surface area contributed by atoms with Crippen molar-refractivity contribution in [3.8, 4) is 11.5 Å². The van der Waals surface area contributed by atoms with Gasteiger partial charge < -0.3 is 19.7 Å². The number of rotatable bonds is 4. The number of amides is 2. The number of nitrogens with one attached hydrogen (secondary N) is 1. The van der Waals surface area contributed by atoms with Gasteiger partial charge in [-0.3, -0.25) is 4.90 Å². The van der Waals surface area contributed by atoms with Crippen LogP contribution in [-0.4, -0.2) is 62.3 Å². The van der Waals surface area contributed by atoms with Gasteiger partial charge in [0.2, 0.25) is 0 Å². The largest absolute Gasteiger partial charge is 0.497 e. The van der Waals surface area contributed by atoms with Gasteiger partial charge in [0.1, 0.15) is 11.5 Å². The van der Waals surface area contributed by atoms with E-state index in [0.717, 1.165) is 26.2 Å². The molecule has 0 bridgehead atoms. The number of urea groups is 1.